The lowest BCUT2D eigenvalue weighted by Gasteiger charge is -2.26. The van der Waals surface area contributed by atoms with Crippen LogP contribution in [0.4, 0.5) is 4.79 Å². The fourth-order valence-corrected chi connectivity index (χ4v) is 4.46. The second kappa shape index (κ2) is 9.90. The van der Waals surface area contributed by atoms with Gasteiger partial charge in [0.25, 0.3) is 0 Å². The van der Waals surface area contributed by atoms with Gasteiger partial charge in [-0.15, -0.1) is 6.58 Å². The molecular weight excluding hydrogens is 420 g/mol. The van der Waals surface area contributed by atoms with Crippen molar-refractivity contribution < 1.29 is 24.2 Å². The van der Waals surface area contributed by atoms with Crippen molar-refractivity contribution in [3.63, 3.8) is 0 Å². The Hall–Kier alpha value is -3.61. The maximum atomic E-state index is 13.0. The molecule has 2 N–H and O–H groups in total. The number of amides is 2. The molecule has 0 spiro atoms. The summed E-state index contributed by atoms with van der Waals surface area (Å²) in [7, 11) is 0. The molecule has 0 bridgehead atoms. The zero-order valence-electron chi connectivity index (χ0n) is 18.4. The van der Waals surface area contributed by atoms with Crippen molar-refractivity contribution in [2.75, 3.05) is 19.7 Å². The number of carbonyl (C=O) groups is 3. The average molecular weight is 449 g/mol. The summed E-state index contributed by atoms with van der Waals surface area (Å²) in [5, 5.41) is 11.8. The molecule has 0 heterocycles. The van der Waals surface area contributed by atoms with Crippen LogP contribution in [0.1, 0.15) is 36.3 Å². The monoisotopic (exact) mass is 448 g/mol. The van der Waals surface area contributed by atoms with Gasteiger partial charge in [0.05, 0.1) is 0 Å². The highest BCUT2D eigenvalue weighted by molar-refractivity contribution is 5.88. The Morgan fingerprint density at radius 3 is 2.24 bits per heavy atom. The lowest BCUT2D eigenvalue weighted by atomic mass is 9.98. The Balaban J connectivity index is 1.43. The van der Waals surface area contributed by atoms with Crippen molar-refractivity contribution in [1.29, 1.82) is 0 Å². The lowest BCUT2D eigenvalue weighted by molar-refractivity contribution is -0.145. The minimum atomic E-state index is -1.11. The summed E-state index contributed by atoms with van der Waals surface area (Å²) in [6.45, 7) is 3.39. The third-order valence-corrected chi connectivity index (χ3v) is 6.19. The van der Waals surface area contributed by atoms with E-state index in [-0.39, 0.29) is 19.1 Å². The van der Waals surface area contributed by atoms with Crippen molar-refractivity contribution >= 4 is 18.0 Å². The second-order valence-electron chi connectivity index (χ2n) is 8.60. The Bertz CT molecular complexity index is 1020. The number of aliphatic carboxylic acids is 1. The first-order chi connectivity index (χ1) is 16.0. The van der Waals surface area contributed by atoms with Crippen LogP contribution in [-0.4, -0.2) is 53.7 Å². The van der Waals surface area contributed by atoms with Crippen molar-refractivity contribution in [1.82, 2.24) is 10.2 Å². The van der Waals surface area contributed by atoms with Gasteiger partial charge in [0.15, 0.2) is 0 Å². The molecule has 2 aromatic rings. The van der Waals surface area contributed by atoms with Crippen molar-refractivity contribution in [3.8, 4) is 11.1 Å². The minimum Gasteiger partial charge on any atom is -0.480 e. The number of hydrogen-bond acceptors (Lipinski definition) is 4. The smallest absolute Gasteiger partial charge is 0.407 e. The molecular formula is C26H28N2O5. The van der Waals surface area contributed by atoms with Crippen LogP contribution in [-0.2, 0) is 14.3 Å². The summed E-state index contributed by atoms with van der Waals surface area (Å²) in [5.74, 6) is -1.28. The molecule has 0 aromatic heterocycles. The van der Waals surface area contributed by atoms with Gasteiger partial charge in [-0.25, -0.2) is 4.79 Å². The summed E-state index contributed by atoms with van der Waals surface area (Å²) in [4.78, 5) is 38.1. The molecule has 7 nitrogen and oxygen atoms in total. The molecule has 1 atom stereocenters. The first-order valence-corrected chi connectivity index (χ1v) is 11.2. The first-order valence-electron chi connectivity index (χ1n) is 11.2. The van der Waals surface area contributed by atoms with Crippen LogP contribution in [0.5, 0.6) is 0 Å². The highest BCUT2D eigenvalue weighted by Crippen LogP contribution is 2.44. The van der Waals surface area contributed by atoms with E-state index in [0.29, 0.717) is 12.3 Å². The Morgan fingerprint density at radius 2 is 1.70 bits per heavy atom. The Morgan fingerprint density at radius 1 is 1.09 bits per heavy atom. The summed E-state index contributed by atoms with van der Waals surface area (Å²) in [6.07, 6.45) is 3.26. The molecule has 0 saturated heterocycles. The number of hydrogen-bond donors (Lipinski definition) is 2. The number of rotatable bonds is 10. The number of nitrogens with zero attached hydrogens (tertiary/aromatic N) is 1. The van der Waals surface area contributed by atoms with Crippen molar-refractivity contribution in [3.05, 3.63) is 72.3 Å². The third-order valence-electron chi connectivity index (χ3n) is 6.19. The van der Waals surface area contributed by atoms with Gasteiger partial charge in [-0.3, -0.25) is 9.59 Å². The predicted octanol–water partition coefficient (Wildman–Crippen LogP) is 3.79. The van der Waals surface area contributed by atoms with Gasteiger partial charge in [0.2, 0.25) is 5.91 Å². The fraction of sp³-hybridized carbons (Fsp3) is 0.346. The summed E-state index contributed by atoms with van der Waals surface area (Å²) in [6, 6.07) is 15.3. The van der Waals surface area contributed by atoms with Crippen LogP contribution in [0.25, 0.3) is 11.1 Å². The highest BCUT2D eigenvalue weighted by atomic mass is 16.5. The maximum absolute atomic E-state index is 13.0. The largest absolute Gasteiger partial charge is 0.480 e. The molecule has 2 amide bonds. The van der Waals surface area contributed by atoms with E-state index >= 15 is 0 Å². The molecule has 4 rings (SSSR count). The maximum Gasteiger partial charge on any atom is 0.407 e. The van der Waals surface area contributed by atoms with E-state index in [2.05, 4.69) is 24.0 Å². The second-order valence-corrected chi connectivity index (χ2v) is 8.60. The zero-order chi connectivity index (χ0) is 23.4. The van der Waals surface area contributed by atoms with Gasteiger partial charge < -0.3 is 20.1 Å². The quantitative estimate of drug-likeness (QED) is 0.539. The molecule has 172 valence electrons. The van der Waals surface area contributed by atoms with Crippen molar-refractivity contribution in [2.24, 2.45) is 5.92 Å². The molecule has 7 heteroatoms. The SMILES string of the molecule is C=CCN(CC(=O)O)C(=O)[C@H](CC1CC1)NC(=O)OCC1c2ccccc2-c2ccccc21. The van der Waals surface area contributed by atoms with Crippen LogP contribution < -0.4 is 5.32 Å². The van der Waals surface area contributed by atoms with E-state index in [0.717, 1.165) is 35.1 Å². The number of nitrogens with one attached hydrogen (secondary N) is 1. The predicted molar refractivity (Wildman–Crippen MR) is 124 cm³/mol. The van der Waals surface area contributed by atoms with Crippen LogP contribution in [0.3, 0.4) is 0 Å². The number of ether oxygens (including phenoxy) is 1. The van der Waals surface area contributed by atoms with Crippen LogP contribution in [0.15, 0.2) is 61.2 Å². The van der Waals surface area contributed by atoms with E-state index in [1.54, 1.807) is 0 Å². The normalized spacial score (nSPS) is 15.2. The van der Waals surface area contributed by atoms with E-state index in [1.165, 1.54) is 11.0 Å². The van der Waals surface area contributed by atoms with Gasteiger partial charge in [-0.05, 0) is 34.6 Å². The third kappa shape index (κ3) is 5.25. The molecule has 0 aliphatic heterocycles. The first kappa shape index (κ1) is 22.6. The van der Waals surface area contributed by atoms with Gasteiger partial charge >= 0.3 is 12.1 Å². The van der Waals surface area contributed by atoms with Crippen LogP contribution >= 0.6 is 0 Å². The number of alkyl carbamates (subject to hydrolysis) is 1. The zero-order valence-corrected chi connectivity index (χ0v) is 18.4. The molecule has 0 radical (unpaired) electrons. The minimum absolute atomic E-state index is 0.0787. The Kier molecular flexibility index (Phi) is 6.77. The number of fused-ring (bicyclic) bond motifs is 3. The number of carbonyl (C=O) groups excluding carboxylic acids is 2. The van der Waals surface area contributed by atoms with E-state index in [4.69, 9.17) is 9.84 Å². The number of carboxylic acid groups (broad SMARTS) is 1. The van der Waals surface area contributed by atoms with E-state index < -0.39 is 30.6 Å². The lowest BCUT2D eigenvalue weighted by Crippen LogP contribution is -2.50. The van der Waals surface area contributed by atoms with Crippen LogP contribution in [0.2, 0.25) is 0 Å². The van der Waals surface area contributed by atoms with Gasteiger partial charge in [-0.1, -0.05) is 67.4 Å². The Labute approximate surface area is 193 Å². The average Bonchev–Trinajstić information content (AvgIpc) is 3.57. The topological polar surface area (TPSA) is 95.9 Å². The summed E-state index contributed by atoms with van der Waals surface area (Å²) >= 11 is 0. The van der Waals surface area contributed by atoms with E-state index in [9.17, 15) is 14.4 Å². The highest BCUT2D eigenvalue weighted by Gasteiger charge is 2.34. The van der Waals surface area contributed by atoms with Gasteiger partial charge in [-0.2, -0.15) is 0 Å². The molecule has 2 aromatic carbocycles. The molecule has 0 unspecified atom stereocenters. The molecule has 2 aliphatic carbocycles. The summed E-state index contributed by atoms with van der Waals surface area (Å²) < 4.78 is 5.59. The standard InChI is InChI=1S/C26H28N2O5/c1-2-13-28(15-24(29)30)25(31)23(14-17-11-12-17)27-26(32)33-16-22-20-9-5-3-7-18(20)19-8-4-6-10-21(19)22/h2-10,17,22-23H,1,11-16H2,(H,27,32)(H,29,30)/t23-/m0/s1. The van der Waals surface area contributed by atoms with Crippen LogP contribution in [0, 0.1) is 5.92 Å². The molecule has 1 saturated carbocycles. The summed E-state index contributed by atoms with van der Waals surface area (Å²) in [5.41, 5.74) is 4.49. The van der Waals surface area contributed by atoms with Gasteiger partial charge in [0.1, 0.15) is 19.2 Å². The van der Waals surface area contributed by atoms with Crippen molar-refractivity contribution in [2.45, 2.75) is 31.2 Å². The van der Waals surface area contributed by atoms with E-state index in [1.807, 2.05) is 36.4 Å². The molecule has 2 aliphatic rings. The van der Waals surface area contributed by atoms with Gasteiger partial charge in [0, 0.05) is 12.5 Å². The molecule has 33 heavy (non-hydrogen) atoms. The fourth-order valence-electron chi connectivity index (χ4n) is 4.46. The number of benzene rings is 2. The molecule has 1 fully saturated rings. The number of carboxylic acids is 1.